The first kappa shape index (κ1) is 15.5. The number of nitrogens with zero attached hydrogens (tertiary/aromatic N) is 1. The second kappa shape index (κ2) is 7.24. The Balaban J connectivity index is 1.57. The average Bonchev–Trinajstić information content (AvgIpc) is 2.57. The van der Waals surface area contributed by atoms with Crippen molar-refractivity contribution < 1.29 is 9.18 Å². The second-order valence-electron chi connectivity index (χ2n) is 4.98. The summed E-state index contributed by atoms with van der Waals surface area (Å²) < 4.78 is 12.8. The first-order valence-corrected chi connectivity index (χ1v) is 8.23. The highest BCUT2D eigenvalue weighted by Gasteiger charge is 2.06. The molecule has 2 aromatic carbocycles. The number of hydrogen-bond donors (Lipinski definition) is 1. The van der Waals surface area contributed by atoms with Crippen molar-refractivity contribution in [2.75, 3.05) is 11.1 Å². The van der Waals surface area contributed by atoms with Gasteiger partial charge in [-0.25, -0.2) is 4.39 Å². The number of carbonyl (C=O) groups excluding carboxylic acids is 1. The predicted octanol–water partition coefficient (Wildman–Crippen LogP) is 4.49. The van der Waals surface area contributed by atoms with Gasteiger partial charge in [-0.15, -0.1) is 11.8 Å². The molecule has 0 bridgehead atoms. The molecule has 1 heterocycles. The molecule has 3 rings (SSSR count). The van der Waals surface area contributed by atoms with Crippen LogP contribution in [0, 0.1) is 5.82 Å². The van der Waals surface area contributed by atoms with Gasteiger partial charge < -0.3 is 5.32 Å². The highest BCUT2D eigenvalue weighted by Crippen LogP contribution is 2.22. The molecule has 0 aliphatic rings. The fourth-order valence-corrected chi connectivity index (χ4v) is 3.07. The lowest BCUT2D eigenvalue weighted by Crippen LogP contribution is -2.12. The Hall–Kier alpha value is -2.40. The molecule has 0 fully saturated rings. The van der Waals surface area contributed by atoms with Crippen molar-refractivity contribution >= 4 is 34.3 Å². The number of halogens is 1. The zero-order chi connectivity index (χ0) is 16.1. The van der Waals surface area contributed by atoms with E-state index >= 15 is 0 Å². The van der Waals surface area contributed by atoms with E-state index in [0.29, 0.717) is 12.2 Å². The molecule has 0 spiro atoms. The van der Waals surface area contributed by atoms with Crippen molar-refractivity contribution in [3.8, 4) is 0 Å². The molecular weight excluding hydrogens is 311 g/mol. The number of pyridine rings is 1. The van der Waals surface area contributed by atoms with Gasteiger partial charge in [0.05, 0.1) is 11.2 Å². The first-order valence-electron chi connectivity index (χ1n) is 7.24. The SMILES string of the molecule is O=C(CCSc1ccc(F)cc1)Nc1cccc2ncccc12. The average molecular weight is 326 g/mol. The van der Waals surface area contributed by atoms with Gasteiger partial charge in [0.25, 0.3) is 0 Å². The van der Waals surface area contributed by atoms with E-state index in [4.69, 9.17) is 0 Å². The maximum absolute atomic E-state index is 12.8. The summed E-state index contributed by atoms with van der Waals surface area (Å²) in [5.74, 6) is 0.341. The molecule has 1 N–H and O–H groups in total. The van der Waals surface area contributed by atoms with E-state index in [1.54, 1.807) is 18.3 Å². The third kappa shape index (κ3) is 4.07. The van der Waals surface area contributed by atoms with Crippen LogP contribution in [-0.2, 0) is 4.79 Å². The molecule has 0 unspecified atom stereocenters. The highest BCUT2D eigenvalue weighted by molar-refractivity contribution is 7.99. The molecule has 0 aliphatic heterocycles. The van der Waals surface area contributed by atoms with E-state index < -0.39 is 0 Å². The zero-order valence-corrected chi connectivity index (χ0v) is 13.1. The Morgan fingerprint density at radius 2 is 1.91 bits per heavy atom. The van der Waals surface area contributed by atoms with Crippen molar-refractivity contribution in [1.29, 1.82) is 0 Å². The van der Waals surface area contributed by atoms with Crippen LogP contribution in [-0.4, -0.2) is 16.6 Å². The van der Waals surface area contributed by atoms with Crippen LogP contribution in [0.2, 0.25) is 0 Å². The largest absolute Gasteiger partial charge is 0.325 e. The van der Waals surface area contributed by atoms with Crippen LogP contribution in [0.15, 0.2) is 65.7 Å². The topological polar surface area (TPSA) is 42.0 Å². The zero-order valence-electron chi connectivity index (χ0n) is 12.3. The summed E-state index contributed by atoms with van der Waals surface area (Å²) in [6.45, 7) is 0. The van der Waals surface area contributed by atoms with Crippen LogP contribution >= 0.6 is 11.8 Å². The summed E-state index contributed by atoms with van der Waals surface area (Å²) in [5.41, 5.74) is 1.62. The van der Waals surface area contributed by atoms with E-state index in [1.165, 1.54) is 23.9 Å². The van der Waals surface area contributed by atoms with E-state index in [0.717, 1.165) is 21.5 Å². The number of anilines is 1. The van der Waals surface area contributed by atoms with Crippen LogP contribution in [0.3, 0.4) is 0 Å². The Morgan fingerprint density at radius 1 is 1.09 bits per heavy atom. The number of fused-ring (bicyclic) bond motifs is 1. The quantitative estimate of drug-likeness (QED) is 0.702. The monoisotopic (exact) mass is 326 g/mol. The van der Waals surface area contributed by atoms with Gasteiger partial charge in [-0.1, -0.05) is 6.07 Å². The minimum atomic E-state index is -0.253. The van der Waals surface area contributed by atoms with Gasteiger partial charge in [-0.3, -0.25) is 9.78 Å². The van der Waals surface area contributed by atoms with Gasteiger partial charge in [0, 0.05) is 28.7 Å². The van der Waals surface area contributed by atoms with Crippen LogP contribution in [0.1, 0.15) is 6.42 Å². The van der Waals surface area contributed by atoms with Crippen LogP contribution in [0.5, 0.6) is 0 Å². The Bertz CT molecular complexity index is 815. The van der Waals surface area contributed by atoms with Gasteiger partial charge in [0.2, 0.25) is 5.91 Å². The van der Waals surface area contributed by atoms with Crippen molar-refractivity contribution in [2.45, 2.75) is 11.3 Å². The van der Waals surface area contributed by atoms with Gasteiger partial charge >= 0.3 is 0 Å². The minimum Gasteiger partial charge on any atom is -0.325 e. The molecule has 5 heteroatoms. The van der Waals surface area contributed by atoms with Crippen LogP contribution in [0.25, 0.3) is 10.9 Å². The number of nitrogens with one attached hydrogen (secondary N) is 1. The summed E-state index contributed by atoms with van der Waals surface area (Å²) in [5, 5.41) is 3.85. The van der Waals surface area contributed by atoms with Gasteiger partial charge in [-0.2, -0.15) is 0 Å². The lowest BCUT2D eigenvalue weighted by Gasteiger charge is -2.08. The number of carbonyl (C=O) groups is 1. The molecule has 0 radical (unpaired) electrons. The Kier molecular flexibility index (Phi) is 4.88. The molecular formula is C18H15FN2OS. The molecule has 0 aliphatic carbocycles. The molecule has 116 valence electrons. The van der Waals surface area contributed by atoms with Gasteiger partial charge in [-0.05, 0) is 48.5 Å². The smallest absolute Gasteiger partial charge is 0.225 e. The number of amides is 1. The fraction of sp³-hybridized carbons (Fsp3) is 0.111. The third-order valence-electron chi connectivity index (χ3n) is 3.33. The number of thioether (sulfide) groups is 1. The first-order chi connectivity index (χ1) is 11.2. The Morgan fingerprint density at radius 3 is 2.74 bits per heavy atom. The van der Waals surface area contributed by atoms with E-state index in [-0.39, 0.29) is 11.7 Å². The van der Waals surface area contributed by atoms with E-state index in [1.807, 2.05) is 30.3 Å². The second-order valence-corrected chi connectivity index (χ2v) is 6.14. The molecule has 0 saturated heterocycles. The molecule has 0 atom stereocenters. The van der Waals surface area contributed by atoms with Gasteiger partial charge in [0.15, 0.2) is 0 Å². The summed E-state index contributed by atoms with van der Waals surface area (Å²) in [6.07, 6.45) is 2.12. The van der Waals surface area contributed by atoms with Crippen molar-refractivity contribution in [3.63, 3.8) is 0 Å². The third-order valence-corrected chi connectivity index (χ3v) is 4.35. The molecule has 23 heavy (non-hydrogen) atoms. The summed E-state index contributed by atoms with van der Waals surface area (Å²) in [7, 11) is 0. The maximum atomic E-state index is 12.8. The normalized spacial score (nSPS) is 10.7. The lowest BCUT2D eigenvalue weighted by atomic mass is 10.2. The van der Waals surface area contributed by atoms with E-state index in [2.05, 4.69) is 10.3 Å². The number of hydrogen-bond acceptors (Lipinski definition) is 3. The number of benzene rings is 2. The molecule has 3 aromatic rings. The van der Waals surface area contributed by atoms with E-state index in [9.17, 15) is 9.18 Å². The summed E-state index contributed by atoms with van der Waals surface area (Å²) >= 11 is 1.53. The van der Waals surface area contributed by atoms with Crippen LogP contribution in [0.4, 0.5) is 10.1 Å². The standard InChI is InChI=1S/C18H15FN2OS/c19-13-6-8-14(9-7-13)23-12-10-18(22)21-17-5-1-4-16-15(17)3-2-11-20-16/h1-9,11H,10,12H2,(H,21,22). The van der Waals surface area contributed by atoms with Gasteiger partial charge in [0.1, 0.15) is 5.82 Å². The minimum absolute atomic E-state index is 0.0454. The molecule has 1 aromatic heterocycles. The van der Waals surface area contributed by atoms with Crippen LogP contribution < -0.4 is 5.32 Å². The highest BCUT2D eigenvalue weighted by atomic mass is 32.2. The lowest BCUT2D eigenvalue weighted by molar-refractivity contribution is -0.115. The summed E-state index contributed by atoms with van der Waals surface area (Å²) in [6, 6.07) is 15.7. The molecule has 3 nitrogen and oxygen atoms in total. The number of aromatic nitrogens is 1. The number of rotatable bonds is 5. The van der Waals surface area contributed by atoms with Crippen molar-refractivity contribution in [3.05, 3.63) is 66.6 Å². The predicted molar refractivity (Wildman–Crippen MR) is 92.1 cm³/mol. The Labute approximate surface area is 137 Å². The van der Waals surface area contributed by atoms with Crippen molar-refractivity contribution in [1.82, 2.24) is 4.98 Å². The molecule has 1 amide bonds. The van der Waals surface area contributed by atoms with Crippen molar-refractivity contribution in [2.24, 2.45) is 0 Å². The fourth-order valence-electron chi connectivity index (χ4n) is 2.22. The molecule has 0 saturated carbocycles. The maximum Gasteiger partial charge on any atom is 0.225 e. The summed E-state index contributed by atoms with van der Waals surface area (Å²) in [4.78, 5) is 17.3.